The predicted molar refractivity (Wildman–Crippen MR) is 90.0 cm³/mol. The second-order valence-electron chi connectivity index (χ2n) is 9.18. The summed E-state index contributed by atoms with van der Waals surface area (Å²) in [4.78, 5) is 0. The summed E-state index contributed by atoms with van der Waals surface area (Å²) in [7, 11) is 0. The molecule has 0 aromatic rings. The zero-order chi connectivity index (χ0) is 14.6. The molecule has 0 spiro atoms. The second kappa shape index (κ2) is 5.57. The summed E-state index contributed by atoms with van der Waals surface area (Å²) < 4.78 is 0. The van der Waals surface area contributed by atoms with Crippen molar-refractivity contribution in [2.75, 3.05) is 0 Å². The molecule has 0 saturated heterocycles. The summed E-state index contributed by atoms with van der Waals surface area (Å²) in [5.41, 5.74) is 0. The van der Waals surface area contributed by atoms with Crippen molar-refractivity contribution < 1.29 is 0 Å². The van der Waals surface area contributed by atoms with Crippen LogP contribution in [0.5, 0.6) is 0 Å². The van der Waals surface area contributed by atoms with E-state index in [1.54, 1.807) is 32.1 Å². The Morgan fingerprint density at radius 2 is 1.52 bits per heavy atom. The lowest BCUT2D eigenvalue weighted by atomic mass is 9.60. The van der Waals surface area contributed by atoms with Gasteiger partial charge in [0.25, 0.3) is 0 Å². The van der Waals surface area contributed by atoms with E-state index in [-0.39, 0.29) is 0 Å². The zero-order valence-electron chi connectivity index (χ0n) is 14.6. The van der Waals surface area contributed by atoms with Crippen molar-refractivity contribution in [3.63, 3.8) is 0 Å². The van der Waals surface area contributed by atoms with Crippen LogP contribution in [0.25, 0.3) is 0 Å². The van der Waals surface area contributed by atoms with E-state index in [2.05, 4.69) is 20.8 Å². The largest absolute Gasteiger partial charge is 0.0654 e. The maximum Gasteiger partial charge on any atom is -0.0318 e. The van der Waals surface area contributed by atoms with Crippen LogP contribution in [0.15, 0.2) is 0 Å². The summed E-state index contributed by atoms with van der Waals surface area (Å²) in [6.45, 7) is 7.37. The third-order valence-corrected chi connectivity index (χ3v) is 8.52. The highest BCUT2D eigenvalue weighted by Crippen LogP contribution is 2.72. The average molecular weight is 289 g/mol. The van der Waals surface area contributed by atoms with Crippen LogP contribution in [0, 0.1) is 53.3 Å². The molecule has 0 aromatic heterocycles. The lowest BCUT2D eigenvalue weighted by molar-refractivity contribution is 0.0336. The zero-order valence-corrected chi connectivity index (χ0v) is 14.6. The van der Waals surface area contributed by atoms with Crippen molar-refractivity contribution in [2.45, 2.75) is 78.6 Å². The monoisotopic (exact) mass is 288 g/mol. The summed E-state index contributed by atoms with van der Waals surface area (Å²) in [5.74, 6) is 10.3. The van der Waals surface area contributed by atoms with Crippen LogP contribution in [0.2, 0.25) is 0 Å². The highest BCUT2D eigenvalue weighted by atomic mass is 14.7. The Morgan fingerprint density at radius 3 is 2.29 bits per heavy atom. The Morgan fingerprint density at radius 1 is 0.762 bits per heavy atom. The normalized spacial score (nSPS) is 53.6. The summed E-state index contributed by atoms with van der Waals surface area (Å²) >= 11 is 0. The Balaban J connectivity index is 1.49. The van der Waals surface area contributed by atoms with Crippen LogP contribution in [-0.4, -0.2) is 0 Å². The van der Waals surface area contributed by atoms with Gasteiger partial charge in [0.2, 0.25) is 0 Å². The average Bonchev–Trinajstić information content (AvgIpc) is 3.20. The van der Waals surface area contributed by atoms with Gasteiger partial charge in [-0.1, -0.05) is 52.9 Å². The highest BCUT2D eigenvalue weighted by Gasteiger charge is 2.65. The molecule has 0 aliphatic heterocycles. The third-order valence-electron chi connectivity index (χ3n) is 8.52. The molecule has 0 nitrogen and oxygen atoms in total. The van der Waals surface area contributed by atoms with Crippen molar-refractivity contribution >= 4 is 0 Å². The van der Waals surface area contributed by atoms with Crippen LogP contribution < -0.4 is 0 Å². The molecule has 4 rings (SSSR count). The van der Waals surface area contributed by atoms with Crippen LogP contribution in [0.3, 0.4) is 0 Å². The minimum Gasteiger partial charge on any atom is -0.0654 e. The van der Waals surface area contributed by atoms with Gasteiger partial charge in [-0.15, -0.1) is 0 Å². The Bertz CT molecular complexity index is 372. The lowest BCUT2D eigenvalue weighted by Gasteiger charge is -2.44. The molecule has 9 unspecified atom stereocenters. The standard InChI is InChI=1S/C21H36/c1-4-6-8-14-10-15-11-18(14)21-19-12-17(20(15)21)13(3)16(19)9-7-5-2/h13-21H,4-12H2,1-3H3. The van der Waals surface area contributed by atoms with Crippen molar-refractivity contribution in [3.8, 4) is 0 Å². The molecule has 120 valence electrons. The minimum atomic E-state index is 1.07. The van der Waals surface area contributed by atoms with E-state index in [1.165, 1.54) is 37.5 Å². The van der Waals surface area contributed by atoms with Crippen LogP contribution in [0.4, 0.5) is 0 Å². The van der Waals surface area contributed by atoms with E-state index in [0.717, 1.165) is 41.4 Å². The molecule has 4 bridgehead atoms. The molecule has 0 amide bonds. The maximum absolute atomic E-state index is 2.63. The van der Waals surface area contributed by atoms with Crippen molar-refractivity contribution in [1.82, 2.24) is 0 Å². The molecule has 0 heteroatoms. The molecule has 21 heavy (non-hydrogen) atoms. The van der Waals surface area contributed by atoms with E-state index in [4.69, 9.17) is 0 Å². The fraction of sp³-hybridized carbons (Fsp3) is 1.00. The first-order valence-electron chi connectivity index (χ1n) is 10.3. The Hall–Kier alpha value is 0. The van der Waals surface area contributed by atoms with Gasteiger partial charge < -0.3 is 0 Å². The molecule has 4 fully saturated rings. The quantitative estimate of drug-likeness (QED) is 0.514. The maximum atomic E-state index is 2.63. The topological polar surface area (TPSA) is 0 Å². The van der Waals surface area contributed by atoms with E-state index < -0.39 is 0 Å². The summed E-state index contributed by atoms with van der Waals surface area (Å²) in [6, 6.07) is 0. The number of hydrogen-bond acceptors (Lipinski definition) is 0. The van der Waals surface area contributed by atoms with Gasteiger partial charge in [-0.05, 0) is 78.9 Å². The van der Waals surface area contributed by atoms with E-state index in [1.807, 2.05) is 0 Å². The molecule has 0 heterocycles. The van der Waals surface area contributed by atoms with Gasteiger partial charge in [-0.2, -0.15) is 0 Å². The Kier molecular flexibility index (Phi) is 3.87. The lowest BCUT2D eigenvalue weighted by Crippen LogP contribution is -2.39. The molecule has 4 aliphatic carbocycles. The number of hydrogen-bond donors (Lipinski definition) is 0. The number of fused-ring (bicyclic) bond motifs is 9. The SMILES string of the molecule is CCCCC1CC2CC1C1C3CC(C(C)C3CCCC)C21. The first-order valence-corrected chi connectivity index (χ1v) is 10.3. The fourth-order valence-electron chi connectivity index (χ4n) is 7.90. The molecule has 9 atom stereocenters. The van der Waals surface area contributed by atoms with E-state index >= 15 is 0 Å². The third kappa shape index (κ3) is 2.07. The van der Waals surface area contributed by atoms with Crippen molar-refractivity contribution in [3.05, 3.63) is 0 Å². The fourth-order valence-corrected chi connectivity index (χ4v) is 7.90. The smallest absolute Gasteiger partial charge is 0.0318 e. The number of unbranched alkanes of at least 4 members (excludes halogenated alkanes) is 2. The van der Waals surface area contributed by atoms with Gasteiger partial charge in [0.1, 0.15) is 0 Å². The molecule has 4 aliphatic rings. The molecule has 0 radical (unpaired) electrons. The first kappa shape index (κ1) is 14.6. The van der Waals surface area contributed by atoms with Crippen LogP contribution in [-0.2, 0) is 0 Å². The molecule has 4 saturated carbocycles. The predicted octanol–water partition coefficient (Wildman–Crippen LogP) is 6.16. The molecular formula is C21H36. The second-order valence-corrected chi connectivity index (χ2v) is 9.18. The van der Waals surface area contributed by atoms with Gasteiger partial charge in [-0.3, -0.25) is 0 Å². The van der Waals surface area contributed by atoms with Crippen molar-refractivity contribution in [1.29, 1.82) is 0 Å². The Labute approximate surface area is 132 Å². The highest BCUT2D eigenvalue weighted by molar-refractivity contribution is 5.14. The molecule has 0 aromatic carbocycles. The van der Waals surface area contributed by atoms with Gasteiger partial charge in [0.15, 0.2) is 0 Å². The number of rotatable bonds is 6. The molecule has 0 N–H and O–H groups in total. The van der Waals surface area contributed by atoms with Gasteiger partial charge in [0.05, 0.1) is 0 Å². The summed E-state index contributed by atoms with van der Waals surface area (Å²) in [5, 5.41) is 0. The van der Waals surface area contributed by atoms with E-state index in [9.17, 15) is 0 Å². The summed E-state index contributed by atoms with van der Waals surface area (Å²) in [6.07, 6.45) is 13.8. The minimum absolute atomic E-state index is 1.07. The van der Waals surface area contributed by atoms with Crippen LogP contribution in [0.1, 0.15) is 78.6 Å². The van der Waals surface area contributed by atoms with Crippen molar-refractivity contribution in [2.24, 2.45) is 53.3 Å². The van der Waals surface area contributed by atoms with Gasteiger partial charge >= 0.3 is 0 Å². The van der Waals surface area contributed by atoms with E-state index in [0.29, 0.717) is 0 Å². The first-order chi connectivity index (χ1) is 10.3. The molecular weight excluding hydrogens is 252 g/mol. The van der Waals surface area contributed by atoms with Gasteiger partial charge in [-0.25, -0.2) is 0 Å². The van der Waals surface area contributed by atoms with Gasteiger partial charge in [0, 0.05) is 0 Å². The van der Waals surface area contributed by atoms with Crippen LogP contribution >= 0.6 is 0 Å².